The van der Waals surface area contributed by atoms with Crippen LogP contribution in [0.5, 0.6) is 0 Å². The van der Waals surface area contributed by atoms with Crippen LogP contribution in [0.4, 0.5) is 0 Å². The fourth-order valence-corrected chi connectivity index (χ4v) is 1.71. The predicted octanol–water partition coefficient (Wildman–Crippen LogP) is 1.67. The van der Waals surface area contributed by atoms with Gasteiger partial charge in [-0.05, 0) is 12.0 Å². The average molecular weight is 238 g/mol. The van der Waals surface area contributed by atoms with Gasteiger partial charge in [-0.3, -0.25) is 0 Å². The molecule has 4 heteroatoms. The molecule has 0 radical (unpaired) electrons. The molecule has 2 unspecified atom stereocenters. The van der Waals surface area contributed by atoms with E-state index in [-0.39, 0.29) is 12.2 Å². The number of ether oxygens (including phenoxy) is 1. The summed E-state index contributed by atoms with van der Waals surface area (Å²) in [6, 6.07) is 0. The predicted molar refractivity (Wildman–Crippen MR) is 64.7 cm³/mol. The summed E-state index contributed by atoms with van der Waals surface area (Å²) in [7, 11) is 0. The lowest BCUT2D eigenvalue weighted by Crippen LogP contribution is -2.29. The van der Waals surface area contributed by atoms with Crippen LogP contribution in [-0.2, 0) is 9.53 Å². The van der Waals surface area contributed by atoms with E-state index >= 15 is 0 Å². The van der Waals surface area contributed by atoms with Crippen LogP contribution in [-0.4, -0.2) is 35.0 Å². The molecule has 0 aromatic rings. The smallest absolute Gasteiger partial charge is 0.334 e. The maximum atomic E-state index is 11.2. The highest BCUT2D eigenvalue weighted by atomic mass is 16.5. The fraction of sp³-hybridized carbons (Fsp3) is 0.462. The summed E-state index contributed by atoms with van der Waals surface area (Å²) >= 11 is 0. The van der Waals surface area contributed by atoms with Gasteiger partial charge in [0, 0.05) is 0 Å². The molecule has 1 rings (SSSR count). The number of carboxylic acids is 1. The number of carbonyl (C=O) groups is 1. The number of rotatable bonds is 6. The molecule has 1 aliphatic rings. The number of hydrogen-bond acceptors (Lipinski definition) is 3. The molecule has 94 valence electrons. The minimum Gasteiger partial charge on any atom is -0.478 e. The summed E-state index contributed by atoms with van der Waals surface area (Å²) in [5, 5.41) is 18.7. The number of aliphatic hydroxyl groups is 1. The Labute approximate surface area is 101 Å². The third kappa shape index (κ3) is 3.28. The molecule has 0 bridgehead atoms. The molecule has 0 amide bonds. The number of unbranched alkanes of at least 4 members (excludes halogenated alkanes) is 1. The van der Waals surface area contributed by atoms with E-state index in [2.05, 4.69) is 6.58 Å². The summed E-state index contributed by atoms with van der Waals surface area (Å²) in [5.41, 5.74) is 0.751. The van der Waals surface area contributed by atoms with Gasteiger partial charge in [0.1, 0.15) is 12.2 Å². The molecule has 0 aromatic heterocycles. The number of hydrogen-bond donors (Lipinski definition) is 2. The molecular weight excluding hydrogens is 220 g/mol. The second-order valence-electron chi connectivity index (χ2n) is 3.89. The number of aliphatic carboxylic acids is 1. The molecule has 17 heavy (non-hydrogen) atoms. The highest BCUT2D eigenvalue weighted by Crippen LogP contribution is 2.25. The van der Waals surface area contributed by atoms with Crippen LogP contribution in [0.2, 0.25) is 0 Å². The topological polar surface area (TPSA) is 66.8 Å². The fourth-order valence-electron chi connectivity index (χ4n) is 1.71. The molecule has 1 heterocycles. The van der Waals surface area contributed by atoms with Crippen LogP contribution in [0.1, 0.15) is 19.8 Å². The average Bonchev–Trinajstić information content (AvgIpc) is 2.72. The highest BCUT2D eigenvalue weighted by Gasteiger charge is 2.34. The van der Waals surface area contributed by atoms with E-state index in [4.69, 9.17) is 9.84 Å². The van der Waals surface area contributed by atoms with Gasteiger partial charge >= 0.3 is 5.97 Å². The van der Waals surface area contributed by atoms with E-state index in [0.717, 1.165) is 12.8 Å². The van der Waals surface area contributed by atoms with E-state index in [0.29, 0.717) is 5.57 Å². The van der Waals surface area contributed by atoms with Gasteiger partial charge in [0.05, 0.1) is 12.2 Å². The van der Waals surface area contributed by atoms with Gasteiger partial charge in [-0.15, -0.1) is 6.58 Å². The summed E-state index contributed by atoms with van der Waals surface area (Å²) in [4.78, 5) is 11.2. The molecule has 2 atom stereocenters. The van der Waals surface area contributed by atoms with Crippen molar-refractivity contribution in [2.24, 2.45) is 0 Å². The summed E-state index contributed by atoms with van der Waals surface area (Å²) in [6.07, 6.45) is 5.07. The zero-order valence-corrected chi connectivity index (χ0v) is 9.93. The standard InChI is InChI=1S/C13H18O4/c1-3-5-6-7-9-8-17-12(10(14)4-2)11(9)13(15)16/h4,6-7,10,12,14H,2-3,5,8H2,1H3,(H,15,16)/b7-6+. The normalized spacial score (nSPS) is 22.1. The number of allylic oxidation sites excluding steroid dienone is 1. The summed E-state index contributed by atoms with van der Waals surface area (Å²) in [6.45, 7) is 5.70. The van der Waals surface area contributed by atoms with Crippen molar-refractivity contribution in [2.45, 2.75) is 32.0 Å². The van der Waals surface area contributed by atoms with E-state index in [1.807, 2.05) is 13.0 Å². The lowest BCUT2D eigenvalue weighted by molar-refractivity contribution is -0.134. The van der Waals surface area contributed by atoms with Crippen LogP contribution in [0.3, 0.4) is 0 Å². The number of carboxylic acid groups (broad SMARTS) is 1. The van der Waals surface area contributed by atoms with Crippen LogP contribution < -0.4 is 0 Å². The van der Waals surface area contributed by atoms with E-state index in [1.54, 1.807) is 6.08 Å². The molecule has 2 N–H and O–H groups in total. The van der Waals surface area contributed by atoms with E-state index in [1.165, 1.54) is 6.08 Å². The Balaban J connectivity index is 2.93. The second-order valence-corrected chi connectivity index (χ2v) is 3.89. The Morgan fingerprint density at radius 1 is 1.71 bits per heavy atom. The lowest BCUT2D eigenvalue weighted by atomic mass is 10.0. The van der Waals surface area contributed by atoms with E-state index in [9.17, 15) is 9.90 Å². The van der Waals surface area contributed by atoms with Crippen molar-refractivity contribution in [1.82, 2.24) is 0 Å². The molecule has 4 nitrogen and oxygen atoms in total. The molecule has 0 spiro atoms. The molecular formula is C13H18O4. The minimum atomic E-state index is -1.05. The minimum absolute atomic E-state index is 0.129. The van der Waals surface area contributed by atoms with Crippen LogP contribution in [0.15, 0.2) is 36.0 Å². The lowest BCUT2D eigenvalue weighted by Gasteiger charge is -2.15. The molecule has 0 aliphatic carbocycles. The largest absolute Gasteiger partial charge is 0.478 e. The Morgan fingerprint density at radius 3 is 2.94 bits per heavy atom. The van der Waals surface area contributed by atoms with Gasteiger partial charge in [-0.25, -0.2) is 4.79 Å². The van der Waals surface area contributed by atoms with Crippen molar-refractivity contribution in [3.63, 3.8) is 0 Å². The maximum Gasteiger partial charge on any atom is 0.334 e. The van der Waals surface area contributed by atoms with Crippen LogP contribution in [0, 0.1) is 0 Å². The van der Waals surface area contributed by atoms with Crippen molar-refractivity contribution in [3.8, 4) is 0 Å². The van der Waals surface area contributed by atoms with Gasteiger partial charge in [-0.1, -0.05) is 31.6 Å². The van der Waals surface area contributed by atoms with Crippen molar-refractivity contribution >= 4 is 5.97 Å². The van der Waals surface area contributed by atoms with Gasteiger partial charge in [0.15, 0.2) is 0 Å². The molecule has 1 aliphatic heterocycles. The first-order valence-corrected chi connectivity index (χ1v) is 5.66. The third-order valence-corrected chi connectivity index (χ3v) is 2.61. The van der Waals surface area contributed by atoms with Crippen molar-refractivity contribution < 1.29 is 19.7 Å². The number of aliphatic hydroxyl groups excluding tert-OH is 1. The van der Waals surface area contributed by atoms with Gasteiger partial charge in [-0.2, -0.15) is 0 Å². The van der Waals surface area contributed by atoms with Gasteiger partial charge in [0.25, 0.3) is 0 Å². The quantitative estimate of drug-likeness (QED) is 0.691. The van der Waals surface area contributed by atoms with Crippen molar-refractivity contribution in [1.29, 1.82) is 0 Å². The molecule has 0 saturated carbocycles. The zero-order valence-electron chi connectivity index (χ0n) is 9.93. The maximum absolute atomic E-state index is 11.2. The van der Waals surface area contributed by atoms with Crippen molar-refractivity contribution in [2.75, 3.05) is 6.61 Å². The molecule has 0 aromatic carbocycles. The first-order valence-electron chi connectivity index (χ1n) is 5.66. The highest BCUT2D eigenvalue weighted by molar-refractivity contribution is 5.90. The first-order chi connectivity index (χ1) is 8.11. The summed E-state index contributed by atoms with van der Waals surface area (Å²) in [5.74, 6) is -1.05. The third-order valence-electron chi connectivity index (χ3n) is 2.61. The SMILES string of the molecule is C=CC(O)C1OCC(/C=C/CCC)=C1C(=O)O. The summed E-state index contributed by atoms with van der Waals surface area (Å²) < 4.78 is 5.30. The first kappa shape index (κ1) is 13.7. The zero-order chi connectivity index (χ0) is 12.8. The Morgan fingerprint density at radius 2 is 2.41 bits per heavy atom. The Bertz CT molecular complexity index is 354. The van der Waals surface area contributed by atoms with Crippen molar-refractivity contribution in [3.05, 3.63) is 36.0 Å². The van der Waals surface area contributed by atoms with Crippen LogP contribution >= 0.6 is 0 Å². The molecule has 0 fully saturated rings. The Kier molecular flexibility index (Phi) is 5.12. The Hall–Kier alpha value is -1.39. The second kappa shape index (κ2) is 6.37. The van der Waals surface area contributed by atoms with Gasteiger partial charge < -0.3 is 14.9 Å². The van der Waals surface area contributed by atoms with Crippen LogP contribution in [0.25, 0.3) is 0 Å². The molecule has 0 saturated heterocycles. The van der Waals surface area contributed by atoms with Gasteiger partial charge in [0.2, 0.25) is 0 Å². The monoisotopic (exact) mass is 238 g/mol. The van der Waals surface area contributed by atoms with E-state index < -0.39 is 18.2 Å².